The van der Waals surface area contributed by atoms with Crippen molar-refractivity contribution in [1.29, 1.82) is 0 Å². The van der Waals surface area contributed by atoms with Crippen LogP contribution in [0.2, 0.25) is 0 Å². The zero-order chi connectivity index (χ0) is 19.8. The topological polar surface area (TPSA) is 72.1 Å². The molecule has 140 valence electrons. The minimum absolute atomic E-state index is 0.224. The van der Waals surface area contributed by atoms with Crippen molar-refractivity contribution in [3.8, 4) is 0 Å². The molecule has 0 aliphatic carbocycles. The molecule has 2 heterocycles. The molecule has 2 aromatic heterocycles. The molecule has 28 heavy (non-hydrogen) atoms. The van der Waals surface area contributed by atoms with Gasteiger partial charge in [0.2, 0.25) is 5.78 Å². The molecule has 2 aromatic carbocycles. The predicted octanol–water partition coefficient (Wildman–Crippen LogP) is 4.76. The maximum Gasteiger partial charge on any atom is 0.339 e. The Balaban J connectivity index is 1.65. The highest BCUT2D eigenvalue weighted by Gasteiger charge is 2.25. The van der Waals surface area contributed by atoms with Gasteiger partial charge in [-0.25, -0.2) is 4.79 Å². The van der Waals surface area contributed by atoms with Crippen LogP contribution in [0.3, 0.4) is 0 Å². The van der Waals surface area contributed by atoms with E-state index in [9.17, 15) is 9.59 Å². The van der Waals surface area contributed by atoms with Crippen LogP contribution in [0, 0.1) is 13.8 Å². The number of fused-ring (bicyclic) bond motifs is 2. The Morgan fingerprint density at radius 2 is 1.68 bits per heavy atom. The van der Waals surface area contributed by atoms with E-state index in [1.54, 1.807) is 13.0 Å². The van der Waals surface area contributed by atoms with Gasteiger partial charge in [-0.3, -0.25) is 9.78 Å². The maximum atomic E-state index is 13.0. The van der Waals surface area contributed by atoms with Crippen LogP contribution in [0.4, 0.5) is 0 Å². The molecular weight excluding hydrogens is 352 g/mol. The number of Topliss-reactive ketones (excluding diaryl/α,β-unsaturated/α-hetero) is 1. The Morgan fingerprint density at radius 1 is 1.00 bits per heavy atom. The predicted molar refractivity (Wildman–Crippen MR) is 109 cm³/mol. The Hall–Kier alpha value is -3.47. The number of carbonyl (C=O) groups excluding carboxylic acids is 2. The molecule has 0 bridgehead atoms. The van der Waals surface area contributed by atoms with Crippen molar-refractivity contribution < 1.29 is 14.3 Å². The number of benzene rings is 2. The Labute approximate surface area is 162 Å². The highest BCUT2D eigenvalue weighted by molar-refractivity contribution is 6.12. The first-order valence-electron chi connectivity index (χ1n) is 9.14. The van der Waals surface area contributed by atoms with Crippen LogP contribution in [0.15, 0.2) is 54.6 Å². The van der Waals surface area contributed by atoms with E-state index in [4.69, 9.17) is 4.74 Å². The van der Waals surface area contributed by atoms with E-state index in [0.29, 0.717) is 16.5 Å². The second kappa shape index (κ2) is 6.93. The molecule has 1 atom stereocenters. The number of ketones is 1. The molecule has 0 aliphatic rings. The highest BCUT2D eigenvalue weighted by Crippen LogP contribution is 2.25. The number of hydrogen-bond acceptors (Lipinski definition) is 4. The molecule has 0 aliphatic heterocycles. The summed E-state index contributed by atoms with van der Waals surface area (Å²) >= 11 is 0. The summed E-state index contributed by atoms with van der Waals surface area (Å²) < 4.78 is 5.56. The minimum Gasteiger partial charge on any atom is -0.451 e. The van der Waals surface area contributed by atoms with E-state index in [0.717, 1.165) is 27.8 Å². The lowest BCUT2D eigenvalue weighted by Gasteiger charge is -2.14. The van der Waals surface area contributed by atoms with Gasteiger partial charge in [-0.2, -0.15) is 0 Å². The molecule has 1 N–H and O–H groups in total. The number of ether oxygens (including phenoxy) is 1. The van der Waals surface area contributed by atoms with E-state index < -0.39 is 12.1 Å². The zero-order valence-corrected chi connectivity index (χ0v) is 15.9. The fraction of sp³-hybridized carbons (Fsp3) is 0.174. The number of H-pyrrole nitrogens is 1. The quantitative estimate of drug-likeness (QED) is 0.414. The van der Waals surface area contributed by atoms with E-state index in [-0.39, 0.29) is 5.78 Å². The highest BCUT2D eigenvalue weighted by atomic mass is 16.5. The number of esters is 1. The summed E-state index contributed by atoms with van der Waals surface area (Å²) in [5.74, 6) is -0.751. The van der Waals surface area contributed by atoms with Crippen molar-refractivity contribution in [2.75, 3.05) is 0 Å². The molecule has 0 unspecified atom stereocenters. The summed E-state index contributed by atoms with van der Waals surface area (Å²) in [5, 5.41) is 1.54. The SMILES string of the molecule is Cc1cc(C(=O)O[C@H](C)C(=O)c2c(C)[nH]c3ccccc23)c2ccccc2n1. The monoisotopic (exact) mass is 372 g/mol. The average molecular weight is 372 g/mol. The number of aromatic nitrogens is 2. The number of aryl methyl sites for hydroxylation is 2. The Kier molecular flexibility index (Phi) is 4.43. The van der Waals surface area contributed by atoms with Crippen LogP contribution in [-0.4, -0.2) is 27.8 Å². The van der Waals surface area contributed by atoms with Crippen LogP contribution in [0.5, 0.6) is 0 Å². The lowest BCUT2D eigenvalue weighted by atomic mass is 10.0. The molecule has 0 saturated heterocycles. The zero-order valence-electron chi connectivity index (χ0n) is 15.9. The fourth-order valence-corrected chi connectivity index (χ4v) is 3.55. The average Bonchev–Trinajstić information content (AvgIpc) is 3.02. The van der Waals surface area contributed by atoms with Crippen LogP contribution in [0.25, 0.3) is 21.8 Å². The third-order valence-corrected chi connectivity index (χ3v) is 4.86. The smallest absolute Gasteiger partial charge is 0.339 e. The maximum absolute atomic E-state index is 13.0. The molecule has 0 spiro atoms. The van der Waals surface area contributed by atoms with Crippen molar-refractivity contribution >= 4 is 33.6 Å². The number of hydrogen-bond donors (Lipinski definition) is 1. The number of carbonyl (C=O) groups is 2. The van der Waals surface area contributed by atoms with Crippen LogP contribution in [-0.2, 0) is 4.74 Å². The molecule has 5 heteroatoms. The number of nitrogens with zero attached hydrogens (tertiary/aromatic N) is 1. The van der Waals surface area contributed by atoms with Gasteiger partial charge in [0.15, 0.2) is 6.10 Å². The number of para-hydroxylation sites is 2. The molecular formula is C23H20N2O3. The Morgan fingerprint density at radius 3 is 2.46 bits per heavy atom. The van der Waals surface area contributed by atoms with Gasteiger partial charge >= 0.3 is 5.97 Å². The fourth-order valence-electron chi connectivity index (χ4n) is 3.55. The van der Waals surface area contributed by atoms with Crippen LogP contribution < -0.4 is 0 Å². The summed E-state index contributed by atoms with van der Waals surface area (Å²) in [7, 11) is 0. The third kappa shape index (κ3) is 3.05. The van der Waals surface area contributed by atoms with Gasteiger partial charge in [0.1, 0.15) is 0 Å². The van der Waals surface area contributed by atoms with Crippen LogP contribution >= 0.6 is 0 Å². The van der Waals surface area contributed by atoms with E-state index in [1.807, 2.05) is 62.4 Å². The first kappa shape index (κ1) is 17.9. The molecule has 5 nitrogen and oxygen atoms in total. The lowest BCUT2D eigenvalue weighted by molar-refractivity contribution is 0.0321. The summed E-state index contributed by atoms with van der Waals surface area (Å²) in [6, 6.07) is 16.7. The van der Waals surface area contributed by atoms with E-state index in [1.165, 1.54) is 0 Å². The number of rotatable bonds is 4. The van der Waals surface area contributed by atoms with Gasteiger partial charge < -0.3 is 9.72 Å². The van der Waals surface area contributed by atoms with Gasteiger partial charge in [-0.15, -0.1) is 0 Å². The van der Waals surface area contributed by atoms with Crippen molar-refractivity contribution in [2.24, 2.45) is 0 Å². The summed E-state index contributed by atoms with van der Waals surface area (Å²) in [6.45, 7) is 5.28. The molecule has 0 fully saturated rings. The van der Waals surface area contributed by atoms with E-state index >= 15 is 0 Å². The second-order valence-corrected chi connectivity index (χ2v) is 6.91. The molecule has 4 aromatic rings. The van der Waals surface area contributed by atoms with Crippen LogP contribution in [0.1, 0.15) is 39.0 Å². The molecule has 0 radical (unpaired) electrons. The van der Waals surface area contributed by atoms with Crippen molar-refractivity contribution in [2.45, 2.75) is 26.9 Å². The van der Waals surface area contributed by atoms with Gasteiger partial charge in [0.25, 0.3) is 0 Å². The van der Waals surface area contributed by atoms with Crippen molar-refractivity contribution in [3.05, 3.63) is 77.1 Å². The van der Waals surface area contributed by atoms with Gasteiger partial charge in [-0.1, -0.05) is 36.4 Å². The Bertz CT molecular complexity index is 1220. The minimum atomic E-state index is -0.905. The number of aromatic amines is 1. The van der Waals surface area contributed by atoms with Crippen molar-refractivity contribution in [3.63, 3.8) is 0 Å². The summed E-state index contributed by atoms with van der Waals surface area (Å²) in [5.41, 5.74) is 4.07. The first-order chi connectivity index (χ1) is 13.5. The molecule has 4 rings (SSSR count). The summed E-state index contributed by atoms with van der Waals surface area (Å²) in [4.78, 5) is 33.5. The van der Waals surface area contributed by atoms with Gasteiger partial charge in [0.05, 0.1) is 11.1 Å². The normalized spacial score (nSPS) is 12.2. The van der Waals surface area contributed by atoms with E-state index in [2.05, 4.69) is 9.97 Å². The number of nitrogens with one attached hydrogen (secondary N) is 1. The summed E-state index contributed by atoms with van der Waals surface area (Å²) in [6.07, 6.45) is -0.905. The lowest BCUT2D eigenvalue weighted by Crippen LogP contribution is -2.25. The second-order valence-electron chi connectivity index (χ2n) is 6.91. The molecule has 0 saturated carbocycles. The standard InChI is InChI=1S/C23H20N2O3/c1-13-12-18(16-8-4-6-10-19(16)24-13)23(27)28-15(3)22(26)21-14(2)25-20-11-7-5-9-17(20)21/h4-12,15,25H,1-3H3/t15-/m1/s1. The van der Waals surface area contributed by atoms with Gasteiger partial charge in [-0.05, 0) is 39.0 Å². The first-order valence-corrected chi connectivity index (χ1v) is 9.14. The largest absolute Gasteiger partial charge is 0.451 e. The van der Waals surface area contributed by atoms with Gasteiger partial charge in [0, 0.05) is 33.2 Å². The molecule has 0 amide bonds. The van der Waals surface area contributed by atoms with Crippen molar-refractivity contribution in [1.82, 2.24) is 9.97 Å². The number of pyridine rings is 1. The third-order valence-electron chi connectivity index (χ3n) is 4.86.